The number of rotatable bonds is 2. The van der Waals surface area contributed by atoms with Crippen LogP contribution in [0.2, 0.25) is 0 Å². The summed E-state index contributed by atoms with van der Waals surface area (Å²) in [4.78, 5) is 20.5. The van der Waals surface area contributed by atoms with Gasteiger partial charge in [0.1, 0.15) is 5.82 Å². The van der Waals surface area contributed by atoms with E-state index in [2.05, 4.69) is 31.2 Å². The lowest BCUT2D eigenvalue weighted by molar-refractivity contribution is 0.102. The third-order valence-electron chi connectivity index (χ3n) is 2.92. The maximum Gasteiger partial charge on any atom is 0.259 e. The number of carbonyl (C=O) groups excluding carboxylic acids is 1. The highest BCUT2D eigenvalue weighted by atomic mass is 79.9. The van der Waals surface area contributed by atoms with Crippen LogP contribution in [-0.2, 0) is 0 Å². The zero-order chi connectivity index (χ0) is 14.8. The number of aromatic nitrogens is 2. The van der Waals surface area contributed by atoms with Crippen LogP contribution in [0.25, 0.3) is 11.0 Å². The van der Waals surface area contributed by atoms with Gasteiger partial charge >= 0.3 is 0 Å². The monoisotopic (exact) mass is 345 g/mol. The van der Waals surface area contributed by atoms with Gasteiger partial charge in [-0.05, 0) is 46.3 Å². The summed E-state index contributed by atoms with van der Waals surface area (Å²) in [6.07, 6.45) is 3.17. The number of anilines is 1. The number of nitrogens with zero attached hydrogens (tertiary/aromatic N) is 2. The highest BCUT2D eigenvalue weighted by Crippen LogP contribution is 2.22. The van der Waals surface area contributed by atoms with Gasteiger partial charge in [-0.2, -0.15) is 0 Å². The van der Waals surface area contributed by atoms with E-state index in [1.54, 1.807) is 36.7 Å². The van der Waals surface area contributed by atoms with Crippen LogP contribution in [0, 0.1) is 5.82 Å². The van der Waals surface area contributed by atoms with Crippen LogP contribution in [0.15, 0.2) is 53.3 Å². The lowest BCUT2D eigenvalue weighted by Crippen LogP contribution is -2.14. The summed E-state index contributed by atoms with van der Waals surface area (Å²) in [6, 6.07) is 9.52. The molecule has 0 bridgehead atoms. The van der Waals surface area contributed by atoms with Crippen LogP contribution in [0.5, 0.6) is 0 Å². The molecule has 1 aromatic heterocycles. The predicted octanol–water partition coefficient (Wildman–Crippen LogP) is 3.78. The SMILES string of the molecule is O=C(Nc1ccc2nccnc2c1)c1c(F)cccc1Br. The van der Waals surface area contributed by atoms with Gasteiger partial charge in [0, 0.05) is 22.6 Å². The maximum atomic E-state index is 13.7. The summed E-state index contributed by atoms with van der Waals surface area (Å²) in [5.74, 6) is -1.11. The molecule has 1 amide bonds. The van der Waals surface area contributed by atoms with E-state index in [0.717, 1.165) is 5.52 Å². The second-order valence-electron chi connectivity index (χ2n) is 4.31. The van der Waals surface area contributed by atoms with Gasteiger partial charge < -0.3 is 5.32 Å². The number of fused-ring (bicyclic) bond motifs is 1. The second kappa shape index (κ2) is 5.57. The molecule has 0 atom stereocenters. The van der Waals surface area contributed by atoms with E-state index < -0.39 is 11.7 Å². The fraction of sp³-hybridized carbons (Fsp3) is 0. The van der Waals surface area contributed by atoms with Crippen molar-refractivity contribution in [3.8, 4) is 0 Å². The van der Waals surface area contributed by atoms with Crippen molar-refractivity contribution in [1.29, 1.82) is 0 Å². The number of amides is 1. The molecular weight excluding hydrogens is 337 g/mol. The number of hydrogen-bond donors (Lipinski definition) is 1. The van der Waals surface area contributed by atoms with Crippen molar-refractivity contribution < 1.29 is 9.18 Å². The number of hydrogen-bond acceptors (Lipinski definition) is 3. The molecule has 6 heteroatoms. The van der Waals surface area contributed by atoms with E-state index in [-0.39, 0.29) is 5.56 Å². The average molecular weight is 346 g/mol. The van der Waals surface area contributed by atoms with Crippen LogP contribution >= 0.6 is 15.9 Å². The molecule has 4 nitrogen and oxygen atoms in total. The first-order valence-corrected chi connectivity index (χ1v) is 6.90. The van der Waals surface area contributed by atoms with Crippen LogP contribution in [0.3, 0.4) is 0 Å². The Bertz CT molecular complexity index is 818. The zero-order valence-electron chi connectivity index (χ0n) is 10.7. The van der Waals surface area contributed by atoms with Gasteiger partial charge in [0.15, 0.2) is 0 Å². The Morgan fingerprint density at radius 3 is 2.62 bits per heavy atom. The second-order valence-corrected chi connectivity index (χ2v) is 5.16. The van der Waals surface area contributed by atoms with Gasteiger partial charge in [-0.3, -0.25) is 14.8 Å². The molecule has 0 aliphatic rings. The molecule has 1 N–H and O–H groups in total. The average Bonchev–Trinajstić information content (AvgIpc) is 2.47. The highest BCUT2D eigenvalue weighted by molar-refractivity contribution is 9.10. The van der Waals surface area contributed by atoms with Crippen molar-refractivity contribution >= 4 is 38.6 Å². The van der Waals surface area contributed by atoms with E-state index in [0.29, 0.717) is 15.7 Å². The lowest BCUT2D eigenvalue weighted by Gasteiger charge is -2.08. The molecular formula is C15H9BrFN3O. The standard InChI is InChI=1S/C15H9BrFN3O/c16-10-2-1-3-11(17)14(10)15(21)20-9-4-5-12-13(8-9)19-7-6-18-12/h1-8H,(H,20,21). The van der Waals surface area contributed by atoms with Crippen LogP contribution < -0.4 is 5.32 Å². The highest BCUT2D eigenvalue weighted by Gasteiger charge is 2.15. The van der Waals surface area contributed by atoms with E-state index in [9.17, 15) is 9.18 Å². The minimum absolute atomic E-state index is 0.0308. The molecule has 104 valence electrons. The maximum absolute atomic E-state index is 13.7. The third kappa shape index (κ3) is 2.75. The minimum Gasteiger partial charge on any atom is -0.322 e. The fourth-order valence-electron chi connectivity index (χ4n) is 1.95. The Hall–Kier alpha value is -2.34. The van der Waals surface area contributed by atoms with E-state index in [1.165, 1.54) is 12.1 Å². The number of halogens is 2. The summed E-state index contributed by atoms with van der Waals surface area (Å²) < 4.78 is 14.1. The summed E-state index contributed by atoms with van der Waals surface area (Å²) in [6.45, 7) is 0. The molecule has 0 saturated heterocycles. The molecule has 0 saturated carbocycles. The Morgan fingerprint density at radius 2 is 1.86 bits per heavy atom. The van der Waals surface area contributed by atoms with Crippen molar-refractivity contribution in [3.05, 3.63) is 64.6 Å². The van der Waals surface area contributed by atoms with Gasteiger partial charge in [0.05, 0.1) is 16.6 Å². The molecule has 21 heavy (non-hydrogen) atoms. The first kappa shape index (κ1) is 13.6. The van der Waals surface area contributed by atoms with Gasteiger partial charge in [-0.25, -0.2) is 4.39 Å². The lowest BCUT2D eigenvalue weighted by atomic mass is 10.2. The number of nitrogens with one attached hydrogen (secondary N) is 1. The van der Waals surface area contributed by atoms with Gasteiger partial charge in [-0.1, -0.05) is 6.07 Å². The van der Waals surface area contributed by atoms with Gasteiger partial charge in [-0.15, -0.1) is 0 Å². The Labute approximate surface area is 128 Å². The predicted molar refractivity (Wildman–Crippen MR) is 81.6 cm³/mol. The summed E-state index contributed by atoms with van der Waals surface area (Å²) in [5.41, 5.74) is 1.88. The van der Waals surface area contributed by atoms with Crippen LogP contribution in [-0.4, -0.2) is 15.9 Å². The number of benzene rings is 2. The molecule has 0 spiro atoms. The van der Waals surface area contributed by atoms with Crippen LogP contribution in [0.4, 0.5) is 10.1 Å². The van der Waals surface area contributed by atoms with E-state index in [4.69, 9.17) is 0 Å². The number of carbonyl (C=O) groups is 1. The van der Waals surface area contributed by atoms with Crippen LogP contribution in [0.1, 0.15) is 10.4 Å². The molecule has 0 radical (unpaired) electrons. The Balaban J connectivity index is 1.93. The topological polar surface area (TPSA) is 54.9 Å². The molecule has 2 aromatic carbocycles. The zero-order valence-corrected chi connectivity index (χ0v) is 12.3. The molecule has 0 fully saturated rings. The van der Waals surface area contributed by atoms with E-state index in [1.807, 2.05) is 0 Å². The normalized spacial score (nSPS) is 10.6. The Morgan fingerprint density at radius 1 is 1.10 bits per heavy atom. The first-order valence-electron chi connectivity index (χ1n) is 6.11. The van der Waals surface area contributed by atoms with Crippen molar-refractivity contribution in [2.45, 2.75) is 0 Å². The molecule has 3 rings (SSSR count). The fourth-order valence-corrected chi connectivity index (χ4v) is 2.47. The van der Waals surface area contributed by atoms with E-state index >= 15 is 0 Å². The first-order chi connectivity index (χ1) is 10.1. The molecule has 3 aromatic rings. The third-order valence-corrected chi connectivity index (χ3v) is 3.58. The van der Waals surface area contributed by atoms with Crippen molar-refractivity contribution in [3.63, 3.8) is 0 Å². The molecule has 1 heterocycles. The quantitative estimate of drug-likeness (QED) is 0.768. The van der Waals surface area contributed by atoms with Crippen molar-refractivity contribution in [1.82, 2.24) is 9.97 Å². The summed E-state index contributed by atoms with van der Waals surface area (Å²) in [5, 5.41) is 2.66. The summed E-state index contributed by atoms with van der Waals surface area (Å²) in [7, 11) is 0. The summed E-state index contributed by atoms with van der Waals surface area (Å²) >= 11 is 3.18. The van der Waals surface area contributed by atoms with Gasteiger partial charge in [0.2, 0.25) is 0 Å². The van der Waals surface area contributed by atoms with Crippen molar-refractivity contribution in [2.24, 2.45) is 0 Å². The van der Waals surface area contributed by atoms with Crippen molar-refractivity contribution in [2.75, 3.05) is 5.32 Å². The molecule has 0 aliphatic heterocycles. The molecule has 0 unspecified atom stereocenters. The van der Waals surface area contributed by atoms with Gasteiger partial charge in [0.25, 0.3) is 5.91 Å². The Kier molecular flexibility index (Phi) is 3.62. The molecule has 0 aliphatic carbocycles. The smallest absolute Gasteiger partial charge is 0.259 e. The largest absolute Gasteiger partial charge is 0.322 e. The minimum atomic E-state index is -0.581.